The van der Waals surface area contributed by atoms with Crippen LogP contribution in [0.4, 0.5) is 5.69 Å². The van der Waals surface area contributed by atoms with Gasteiger partial charge in [0.2, 0.25) is 11.8 Å². The van der Waals surface area contributed by atoms with Crippen LogP contribution in [0.5, 0.6) is 0 Å². The highest BCUT2D eigenvalue weighted by Crippen LogP contribution is 2.39. The SMILES string of the molecule is CC(C)NC(=O)C1Sc2ccccc2N(CC(=O)NC2CCCCC2)C1=O. The van der Waals surface area contributed by atoms with Gasteiger partial charge in [0.25, 0.3) is 5.91 Å². The minimum absolute atomic E-state index is 0.0499. The molecule has 27 heavy (non-hydrogen) atoms. The monoisotopic (exact) mass is 389 g/mol. The number of hydrogen-bond donors (Lipinski definition) is 2. The summed E-state index contributed by atoms with van der Waals surface area (Å²) in [5.41, 5.74) is 0.694. The molecule has 7 heteroatoms. The summed E-state index contributed by atoms with van der Waals surface area (Å²) in [5.74, 6) is -0.817. The molecule has 3 rings (SSSR count). The molecule has 1 aliphatic heterocycles. The van der Waals surface area contributed by atoms with Gasteiger partial charge in [0.15, 0.2) is 5.25 Å². The van der Waals surface area contributed by atoms with Crippen LogP contribution in [0.3, 0.4) is 0 Å². The minimum Gasteiger partial charge on any atom is -0.352 e. The van der Waals surface area contributed by atoms with Gasteiger partial charge in [0.05, 0.1) is 5.69 Å². The number of thioether (sulfide) groups is 1. The molecule has 146 valence electrons. The predicted molar refractivity (Wildman–Crippen MR) is 107 cm³/mol. The zero-order chi connectivity index (χ0) is 19.4. The summed E-state index contributed by atoms with van der Waals surface area (Å²) >= 11 is 1.25. The van der Waals surface area contributed by atoms with E-state index in [-0.39, 0.29) is 36.3 Å². The van der Waals surface area contributed by atoms with Crippen LogP contribution in [0.25, 0.3) is 0 Å². The van der Waals surface area contributed by atoms with Crippen LogP contribution in [-0.4, -0.2) is 41.6 Å². The van der Waals surface area contributed by atoms with Gasteiger partial charge in [-0.3, -0.25) is 14.4 Å². The van der Waals surface area contributed by atoms with E-state index in [4.69, 9.17) is 0 Å². The average molecular weight is 390 g/mol. The first-order chi connectivity index (χ1) is 13.0. The smallest absolute Gasteiger partial charge is 0.250 e. The van der Waals surface area contributed by atoms with Crippen molar-refractivity contribution in [2.24, 2.45) is 0 Å². The van der Waals surface area contributed by atoms with Crippen LogP contribution in [0.2, 0.25) is 0 Å². The third-order valence-electron chi connectivity index (χ3n) is 4.83. The highest BCUT2D eigenvalue weighted by molar-refractivity contribution is 8.01. The zero-order valence-electron chi connectivity index (χ0n) is 15.9. The number of carbonyl (C=O) groups is 3. The number of nitrogens with one attached hydrogen (secondary N) is 2. The fourth-order valence-corrected chi connectivity index (χ4v) is 4.68. The van der Waals surface area contributed by atoms with Gasteiger partial charge in [0, 0.05) is 17.0 Å². The number of benzene rings is 1. The van der Waals surface area contributed by atoms with Crippen LogP contribution in [0, 0.1) is 0 Å². The molecular weight excluding hydrogens is 362 g/mol. The Hall–Kier alpha value is -2.02. The van der Waals surface area contributed by atoms with Gasteiger partial charge >= 0.3 is 0 Å². The van der Waals surface area contributed by atoms with Gasteiger partial charge in [-0.1, -0.05) is 31.4 Å². The fourth-order valence-electron chi connectivity index (χ4n) is 3.57. The van der Waals surface area contributed by atoms with Crippen LogP contribution >= 0.6 is 11.8 Å². The summed E-state index contributed by atoms with van der Waals surface area (Å²) in [6.45, 7) is 3.66. The Morgan fingerprint density at radius 3 is 2.59 bits per heavy atom. The van der Waals surface area contributed by atoms with Gasteiger partial charge in [0.1, 0.15) is 6.54 Å². The van der Waals surface area contributed by atoms with E-state index in [1.165, 1.54) is 23.1 Å². The Morgan fingerprint density at radius 2 is 1.89 bits per heavy atom. The molecule has 1 aliphatic carbocycles. The lowest BCUT2D eigenvalue weighted by atomic mass is 9.95. The first kappa shape index (κ1) is 19.7. The molecule has 1 aromatic carbocycles. The Kier molecular flexibility index (Phi) is 6.42. The lowest BCUT2D eigenvalue weighted by molar-refractivity contribution is -0.129. The van der Waals surface area contributed by atoms with Gasteiger partial charge in [-0.05, 0) is 38.8 Å². The van der Waals surface area contributed by atoms with E-state index in [9.17, 15) is 14.4 Å². The first-order valence-electron chi connectivity index (χ1n) is 9.62. The number of rotatable bonds is 5. The number of amides is 3. The molecule has 1 unspecified atom stereocenters. The Bertz CT molecular complexity index is 716. The van der Waals surface area contributed by atoms with E-state index in [0.29, 0.717) is 5.69 Å². The quantitative estimate of drug-likeness (QED) is 0.759. The number of hydrogen-bond acceptors (Lipinski definition) is 4. The number of fused-ring (bicyclic) bond motifs is 1. The molecule has 1 saturated carbocycles. The van der Waals surface area contributed by atoms with E-state index in [0.717, 1.165) is 30.6 Å². The fraction of sp³-hybridized carbons (Fsp3) is 0.550. The summed E-state index contributed by atoms with van der Waals surface area (Å²) in [7, 11) is 0. The summed E-state index contributed by atoms with van der Waals surface area (Å²) in [4.78, 5) is 40.4. The lowest BCUT2D eigenvalue weighted by Gasteiger charge is -2.33. The maximum Gasteiger partial charge on any atom is 0.250 e. The molecule has 1 aromatic rings. The summed E-state index contributed by atoms with van der Waals surface area (Å²) in [6, 6.07) is 7.56. The van der Waals surface area contributed by atoms with E-state index < -0.39 is 5.25 Å². The normalized spacial score (nSPS) is 20.3. The van der Waals surface area contributed by atoms with Crippen LogP contribution in [-0.2, 0) is 14.4 Å². The van der Waals surface area contributed by atoms with Gasteiger partial charge in [-0.15, -0.1) is 11.8 Å². The predicted octanol–water partition coefficient (Wildman–Crippen LogP) is 2.47. The molecule has 2 N–H and O–H groups in total. The van der Waals surface area contributed by atoms with Crippen LogP contribution < -0.4 is 15.5 Å². The molecular formula is C20H27N3O3S. The lowest BCUT2D eigenvalue weighted by Crippen LogP contribution is -2.52. The van der Waals surface area contributed by atoms with Crippen molar-refractivity contribution >= 4 is 35.2 Å². The van der Waals surface area contributed by atoms with E-state index in [1.54, 1.807) is 0 Å². The molecule has 1 atom stereocenters. The third-order valence-corrected chi connectivity index (χ3v) is 6.08. The second kappa shape index (κ2) is 8.78. The number of anilines is 1. The molecule has 6 nitrogen and oxygen atoms in total. The van der Waals surface area contributed by atoms with Crippen molar-refractivity contribution in [3.63, 3.8) is 0 Å². The van der Waals surface area contributed by atoms with Crippen molar-refractivity contribution in [2.75, 3.05) is 11.4 Å². The standard InChI is InChI=1S/C20H27N3O3S/c1-13(2)21-19(25)18-20(26)23(15-10-6-7-11-16(15)27-18)12-17(24)22-14-8-4-3-5-9-14/h6-7,10-11,13-14,18H,3-5,8-9,12H2,1-2H3,(H,21,25)(H,22,24). The second-order valence-corrected chi connectivity index (χ2v) is 8.60. The maximum absolute atomic E-state index is 13.0. The molecule has 0 aromatic heterocycles. The molecule has 1 fully saturated rings. The zero-order valence-corrected chi connectivity index (χ0v) is 16.7. The van der Waals surface area contributed by atoms with Crippen molar-refractivity contribution in [3.8, 4) is 0 Å². The molecule has 2 aliphatic rings. The first-order valence-corrected chi connectivity index (χ1v) is 10.5. The minimum atomic E-state index is -0.871. The molecule has 3 amide bonds. The van der Waals surface area contributed by atoms with E-state index in [2.05, 4.69) is 10.6 Å². The summed E-state index contributed by atoms with van der Waals surface area (Å²) in [5, 5.41) is 4.99. The Balaban J connectivity index is 1.76. The Morgan fingerprint density at radius 1 is 1.19 bits per heavy atom. The molecule has 0 radical (unpaired) electrons. The van der Waals surface area contributed by atoms with Gasteiger partial charge in [-0.2, -0.15) is 0 Å². The van der Waals surface area contributed by atoms with E-state index in [1.807, 2.05) is 38.1 Å². The van der Waals surface area contributed by atoms with Crippen LogP contribution in [0.1, 0.15) is 46.0 Å². The van der Waals surface area contributed by atoms with Crippen molar-refractivity contribution in [2.45, 2.75) is 68.2 Å². The molecule has 0 saturated heterocycles. The average Bonchev–Trinajstić information content (AvgIpc) is 2.64. The molecule has 1 heterocycles. The second-order valence-electron chi connectivity index (χ2n) is 7.46. The molecule has 0 spiro atoms. The largest absolute Gasteiger partial charge is 0.352 e. The highest BCUT2D eigenvalue weighted by atomic mass is 32.2. The van der Waals surface area contributed by atoms with E-state index >= 15 is 0 Å². The van der Waals surface area contributed by atoms with Gasteiger partial charge in [-0.25, -0.2) is 0 Å². The van der Waals surface area contributed by atoms with Crippen molar-refractivity contribution in [1.82, 2.24) is 10.6 Å². The Labute approximate surface area is 164 Å². The summed E-state index contributed by atoms with van der Waals surface area (Å²) < 4.78 is 0. The van der Waals surface area contributed by atoms with Crippen molar-refractivity contribution < 1.29 is 14.4 Å². The van der Waals surface area contributed by atoms with Gasteiger partial charge < -0.3 is 15.5 Å². The molecule has 0 bridgehead atoms. The highest BCUT2D eigenvalue weighted by Gasteiger charge is 2.39. The van der Waals surface area contributed by atoms with Crippen molar-refractivity contribution in [3.05, 3.63) is 24.3 Å². The number of carbonyl (C=O) groups excluding carboxylic acids is 3. The van der Waals surface area contributed by atoms with Crippen LogP contribution in [0.15, 0.2) is 29.2 Å². The van der Waals surface area contributed by atoms with Crippen molar-refractivity contribution in [1.29, 1.82) is 0 Å². The number of para-hydroxylation sites is 1. The third kappa shape index (κ3) is 4.83. The number of nitrogens with zero attached hydrogens (tertiary/aromatic N) is 1. The topological polar surface area (TPSA) is 78.5 Å². The maximum atomic E-state index is 13.0. The summed E-state index contributed by atoms with van der Waals surface area (Å²) in [6.07, 6.45) is 5.46.